The Hall–Kier alpha value is -6.14. The van der Waals surface area contributed by atoms with Crippen LogP contribution in [0, 0.1) is 11.8 Å². The van der Waals surface area contributed by atoms with Crippen LogP contribution in [-0.2, 0) is 0 Å². The second kappa shape index (κ2) is 19.5. The van der Waals surface area contributed by atoms with Crippen molar-refractivity contribution in [3.05, 3.63) is 144 Å². The molecule has 11 nitrogen and oxygen atoms in total. The number of aromatic amines is 1. The van der Waals surface area contributed by atoms with Crippen molar-refractivity contribution < 1.29 is 9.47 Å². The predicted molar refractivity (Wildman–Crippen MR) is 250 cm³/mol. The fourth-order valence-electron chi connectivity index (χ4n) is 8.15. The molecular formula is C49H55ClN8O3. The first-order chi connectivity index (χ1) is 29.0. The van der Waals surface area contributed by atoms with Gasteiger partial charge in [0.1, 0.15) is 22.5 Å². The zero-order valence-corrected chi connectivity index (χ0v) is 33.7. The Morgan fingerprint density at radius 2 is 1.36 bits per heavy atom. The van der Waals surface area contributed by atoms with Crippen LogP contribution in [0.2, 0.25) is 0 Å². The van der Waals surface area contributed by atoms with Crippen molar-refractivity contribution in [3.63, 3.8) is 0 Å². The first-order valence-electron chi connectivity index (χ1n) is 20.2. The molecule has 0 aliphatic carbocycles. The first kappa shape index (κ1) is 43.0. The van der Waals surface area contributed by atoms with E-state index < -0.39 is 5.50 Å². The van der Waals surface area contributed by atoms with Crippen molar-refractivity contribution in [2.24, 2.45) is 16.8 Å². The number of H-pyrrole nitrogens is 1. The molecule has 3 aliphatic rings. The number of hydrogen-bond donors (Lipinski definition) is 3. The summed E-state index contributed by atoms with van der Waals surface area (Å²) in [4.78, 5) is 26.4. The Morgan fingerprint density at radius 3 is 1.97 bits per heavy atom. The van der Waals surface area contributed by atoms with Crippen molar-refractivity contribution in [2.45, 2.75) is 33.2 Å². The zero-order chi connectivity index (χ0) is 40.1. The molecule has 6 heterocycles. The molecule has 2 fully saturated rings. The molecule has 0 saturated carbocycles. The standard InChI is InChI=1S/C24H24N4O2.C23H23ClN4O.2CH4/c1-27-12-11-17(13-27)15-30-20-9-7-18(8-10-20)21-14-28(19-5-3-2-4-6-19)23-22(21)25-16-26-24(23)29;24-23-22-21(26-15-27-23)20(13-28(22)18-4-2-1-3-5-18)17-6-8-19(9-7-17)29-14-16-10-11-25-12-16;;/h2-10,14,16-17H,11-13,15H2,1H3,(H,25,26,29);1-9,13,15-16,23,25H,10-12,14H2,(H,26,27);2*1H4. The lowest BCUT2D eigenvalue weighted by atomic mass is 10.1. The number of alkyl halides is 1. The fraction of sp³-hybridized carbons (Fsp3) is 0.286. The molecule has 3 aliphatic heterocycles. The lowest BCUT2D eigenvalue weighted by Gasteiger charge is -2.17. The molecule has 316 valence electrons. The maximum Gasteiger partial charge on any atom is 0.275 e. The molecule has 10 rings (SSSR count). The van der Waals surface area contributed by atoms with Crippen LogP contribution in [0.3, 0.4) is 0 Å². The zero-order valence-electron chi connectivity index (χ0n) is 32.9. The molecule has 3 aromatic heterocycles. The van der Waals surface area contributed by atoms with E-state index in [0.717, 1.165) is 95.9 Å². The number of fused-ring (bicyclic) bond motifs is 2. The molecule has 4 aromatic carbocycles. The van der Waals surface area contributed by atoms with Gasteiger partial charge in [-0.3, -0.25) is 4.79 Å². The average Bonchev–Trinajstić information content (AvgIpc) is 4.11. The minimum absolute atomic E-state index is 0. The molecule has 0 bridgehead atoms. The van der Waals surface area contributed by atoms with E-state index in [1.165, 1.54) is 19.2 Å². The minimum atomic E-state index is -0.428. The SMILES string of the molecule is C.C.CN1CCC(COc2ccc(-c3cn(-c4ccccc4)c4c(=O)[nH]cnc34)cc2)C1.ClC1N=CNc2c(-c3ccc(OCC4CCNC4)cc3)cn(-c3ccccc3)c21. The number of benzene rings is 4. The second-order valence-corrected chi connectivity index (χ2v) is 15.8. The monoisotopic (exact) mass is 838 g/mol. The molecule has 61 heavy (non-hydrogen) atoms. The summed E-state index contributed by atoms with van der Waals surface area (Å²) in [6.45, 7) is 5.88. The molecule has 3 unspecified atom stereocenters. The summed E-state index contributed by atoms with van der Waals surface area (Å²) in [5.74, 6) is 2.97. The van der Waals surface area contributed by atoms with Crippen molar-refractivity contribution in [2.75, 3.05) is 51.8 Å². The van der Waals surface area contributed by atoms with Gasteiger partial charge in [0.25, 0.3) is 5.56 Å². The second-order valence-electron chi connectivity index (χ2n) is 15.4. The highest BCUT2D eigenvalue weighted by molar-refractivity contribution is 6.22. The van der Waals surface area contributed by atoms with Gasteiger partial charge >= 0.3 is 0 Å². The van der Waals surface area contributed by atoms with Gasteiger partial charge in [-0.25, -0.2) is 9.98 Å². The largest absolute Gasteiger partial charge is 0.493 e. The number of aromatic nitrogens is 4. The van der Waals surface area contributed by atoms with Gasteiger partial charge in [-0.05, 0) is 92.6 Å². The van der Waals surface area contributed by atoms with Gasteiger partial charge in [-0.2, -0.15) is 0 Å². The summed E-state index contributed by atoms with van der Waals surface area (Å²) in [5.41, 5.74) is 8.70. The number of likely N-dealkylation sites (tertiary alicyclic amines) is 1. The van der Waals surface area contributed by atoms with E-state index in [0.29, 0.717) is 22.9 Å². The van der Waals surface area contributed by atoms with Crippen molar-refractivity contribution in [1.82, 2.24) is 29.3 Å². The van der Waals surface area contributed by atoms with Gasteiger partial charge in [-0.15, -0.1) is 0 Å². The van der Waals surface area contributed by atoms with Gasteiger partial charge in [0.2, 0.25) is 0 Å². The average molecular weight is 839 g/mol. The Balaban J connectivity index is 0.000000178. The molecule has 0 radical (unpaired) electrons. The van der Waals surface area contributed by atoms with Gasteiger partial charge in [0.05, 0.1) is 37.3 Å². The van der Waals surface area contributed by atoms with E-state index in [-0.39, 0.29) is 20.4 Å². The van der Waals surface area contributed by atoms with Crippen molar-refractivity contribution in [1.29, 1.82) is 0 Å². The summed E-state index contributed by atoms with van der Waals surface area (Å²) in [5, 5.41) is 6.67. The fourth-order valence-corrected chi connectivity index (χ4v) is 8.42. The summed E-state index contributed by atoms with van der Waals surface area (Å²) >= 11 is 6.55. The van der Waals surface area contributed by atoms with E-state index in [2.05, 4.69) is 72.6 Å². The van der Waals surface area contributed by atoms with Gasteiger partial charge < -0.3 is 39.1 Å². The molecular weight excluding hydrogens is 784 g/mol. The number of nitrogens with zero attached hydrogens (tertiary/aromatic N) is 5. The number of ether oxygens (including phenoxy) is 2. The molecule has 3 atom stereocenters. The highest BCUT2D eigenvalue weighted by Crippen LogP contribution is 2.42. The number of rotatable bonds is 10. The third-order valence-corrected chi connectivity index (χ3v) is 11.6. The summed E-state index contributed by atoms with van der Waals surface area (Å²) < 4.78 is 16.0. The highest BCUT2D eigenvalue weighted by Gasteiger charge is 2.26. The molecule has 0 amide bonds. The Kier molecular flexibility index (Phi) is 13.7. The van der Waals surface area contributed by atoms with E-state index in [9.17, 15) is 4.79 Å². The highest BCUT2D eigenvalue weighted by atomic mass is 35.5. The van der Waals surface area contributed by atoms with E-state index in [1.807, 2.05) is 95.7 Å². The third kappa shape index (κ3) is 9.44. The predicted octanol–water partition coefficient (Wildman–Crippen LogP) is 9.81. The van der Waals surface area contributed by atoms with Crippen LogP contribution in [0.15, 0.2) is 138 Å². The van der Waals surface area contributed by atoms with Crippen molar-refractivity contribution in [3.8, 4) is 45.1 Å². The number of aliphatic imine (C=N–C) groups is 1. The topological polar surface area (TPSA) is 114 Å². The van der Waals surface area contributed by atoms with E-state index in [4.69, 9.17) is 21.1 Å². The van der Waals surface area contributed by atoms with Crippen LogP contribution in [0.5, 0.6) is 11.5 Å². The van der Waals surface area contributed by atoms with Crippen LogP contribution in [-0.4, -0.2) is 76.8 Å². The Morgan fingerprint density at radius 1 is 0.754 bits per heavy atom. The maximum atomic E-state index is 12.6. The van der Waals surface area contributed by atoms with E-state index >= 15 is 0 Å². The van der Waals surface area contributed by atoms with Gasteiger partial charge in [0.15, 0.2) is 5.50 Å². The minimum Gasteiger partial charge on any atom is -0.493 e. The summed E-state index contributed by atoms with van der Waals surface area (Å²) in [7, 11) is 2.15. The smallest absolute Gasteiger partial charge is 0.275 e. The third-order valence-electron chi connectivity index (χ3n) is 11.3. The van der Waals surface area contributed by atoms with Crippen molar-refractivity contribution >= 4 is 34.7 Å². The van der Waals surface area contributed by atoms with Gasteiger partial charge in [0, 0.05) is 59.8 Å². The van der Waals surface area contributed by atoms with Gasteiger partial charge in [-0.1, -0.05) is 87.1 Å². The molecule has 7 aromatic rings. The molecule has 12 heteroatoms. The van der Waals surface area contributed by atoms with Crippen LogP contribution < -0.4 is 25.7 Å². The normalized spacial score (nSPS) is 18.0. The van der Waals surface area contributed by atoms with Crippen LogP contribution >= 0.6 is 11.6 Å². The number of nitrogens with one attached hydrogen (secondary N) is 3. The van der Waals surface area contributed by atoms with Crippen LogP contribution in [0.4, 0.5) is 5.69 Å². The Bertz CT molecular complexity index is 2580. The lowest BCUT2D eigenvalue weighted by molar-refractivity contribution is 0.249. The van der Waals surface area contributed by atoms with Crippen LogP contribution in [0.1, 0.15) is 38.9 Å². The number of hydrogen-bond acceptors (Lipinski definition) is 8. The lowest BCUT2D eigenvalue weighted by Crippen LogP contribution is -2.17. The summed E-state index contributed by atoms with van der Waals surface area (Å²) in [6.07, 6.45) is 9.60. The number of halogens is 1. The molecule has 2 saturated heterocycles. The number of para-hydroxylation sites is 2. The van der Waals surface area contributed by atoms with Crippen LogP contribution in [0.25, 0.3) is 44.7 Å². The maximum absolute atomic E-state index is 12.6. The molecule has 0 spiro atoms. The summed E-state index contributed by atoms with van der Waals surface area (Å²) in [6, 6.07) is 36.4. The quantitative estimate of drug-likeness (QED) is 0.0929. The molecule has 3 N–H and O–H groups in total. The first-order valence-corrected chi connectivity index (χ1v) is 20.6. The van der Waals surface area contributed by atoms with E-state index in [1.54, 1.807) is 6.34 Å². The Labute approximate surface area is 363 Å². The number of anilines is 1.